The van der Waals surface area contributed by atoms with Gasteiger partial charge in [0.15, 0.2) is 0 Å². The van der Waals surface area contributed by atoms with Crippen molar-refractivity contribution >= 4 is 90.4 Å². The summed E-state index contributed by atoms with van der Waals surface area (Å²) in [6.45, 7) is 0. The quantitative estimate of drug-likeness (QED) is 0.192. The van der Waals surface area contributed by atoms with Crippen LogP contribution in [-0.2, 0) is 0 Å². The Morgan fingerprint density at radius 1 is 0.417 bits per heavy atom. The van der Waals surface area contributed by atoms with Crippen LogP contribution in [-0.4, -0.2) is 28.4 Å². The summed E-state index contributed by atoms with van der Waals surface area (Å²) < 4.78 is 24.8. The summed E-state index contributed by atoms with van der Waals surface area (Å²) in [5.74, 6) is 3.71. The molecule has 0 saturated heterocycles. The molecule has 192 valence electrons. The van der Waals surface area contributed by atoms with Gasteiger partial charge in [-0.15, -0.1) is 0 Å². The van der Waals surface area contributed by atoms with E-state index in [1.165, 1.54) is 7.14 Å². The Balaban J connectivity index is 0.000000241. The predicted molar refractivity (Wildman–Crippen MR) is 183 cm³/mol. The van der Waals surface area contributed by atoms with Crippen molar-refractivity contribution in [3.63, 3.8) is 0 Å². The number of halogens is 4. The molecule has 0 aliphatic heterocycles. The molecule has 4 rings (SSSR count). The molecule has 0 amide bonds. The van der Waals surface area contributed by atoms with Gasteiger partial charge in [0, 0.05) is 7.14 Å². The van der Waals surface area contributed by atoms with Gasteiger partial charge in [-0.1, -0.05) is 30.3 Å². The van der Waals surface area contributed by atoms with E-state index in [2.05, 4.69) is 96.4 Å². The van der Waals surface area contributed by atoms with Gasteiger partial charge >= 0.3 is 0 Å². The minimum atomic E-state index is 0.910. The molecule has 4 aromatic rings. The zero-order valence-corrected chi connectivity index (χ0v) is 29.0. The summed E-state index contributed by atoms with van der Waals surface area (Å²) in [4.78, 5) is 0. The van der Waals surface area contributed by atoms with Crippen molar-refractivity contribution < 1.29 is 18.9 Å². The van der Waals surface area contributed by atoms with Gasteiger partial charge in [0.25, 0.3) is 0 Å². The standard InChI is InChI=1S/C7H6I2O.2C7H7IO.C7H8O/c1-10-7-3-2-5(8)4-6(7)9;1-9-7-4-2-6(8)3-5-7;1-9-7-5-3-2-4-6(7)8;1-8-7-5-3-2-4-6-7/h2-4H,1H3;2*2-5H,1H3;2-6H,1H3. The van der Waals surface area contributed by atoms with E-state index in [1.54, 1.807) is 28.4 Å². The van der Waals surface area contributed by atoms with Gasteiger partial charge < -0.3 is 18.9 Å². The fraction of sp³-hybridized carbons (Fsp3) is 0.143. The first kappa shape index (κ1) is 33.0. The summed E-state index contributed by atoms with van der Waals surface area (Å²) in [6, 6.07) is 31.6. The van der Waals surface area contributed by atoms with Gasteiger partial charge in [0.05, 0.1) is 35.6 Å². The maximum Gasteiger partial charge on any atom is 0.132 e. The third kappa shape index (κ3) is 14.1. The third-order valence-electron chi connectivity index (χ3n) is 4.20. The van der Waals surface area contributed by atoms with E-state index in [-0.39, 0.29) is 0 Å². The first-order valence-electron chi connectivity index (χ1n) is 10.5. The highest BCUT2D eigenvalue weighted by Crippen LogP contribution is 2.22. The number of benzene rings is 4. The second-order valence-electron chi connectivity index (χ2n) is 6.59. The highest BCUT2D eigenvalue weighted by molar-refractivity contribution is 14.1. The van der Waals surface area contributed by atoms with Crippen LogP contribution < -0.4 is 18.9 Å². The van der Waals surface area contributed by atoms with Crippen molar-refractivity contribution in [3.8, 4) is 23.0 Å². The average molecular weight is 936 g/mol. The molecule has 0 heterocycles. The van der Waals surface area contributed by atoms with Crippen molar-refractivity contribution in [2.45, 2.75) is 0 Å². The molecule has 0 atom stereocenters. The Hall–Kier alpha value is -1.000. The van der Waals surface area contributed by atoms with E-state index in [4.69, 9.17) is 18.9 Å². The molecule has 8 heteroatoms. The molecule has 0 aliphatic carbocycles. The average Bonchev–Trinajstić information content (AvgIpc) is 2.91. The summed E-state index contributed by atoms with van der Waals surface area (Å²) >= 11 is 9.03. The summed E-state index contributed by atoms with van der Waals surface area (Å²) in [6.07, 6.45) is 0. The van der Waals surface area contributed by atoms with Crippen molar-refractivity contribution in [2.75, 3.05) is 28.4 Å². The van der Waals surface area contributed by atoms with E-state index in [0.717, 1.165) is 30.1 Å². The lowest BCUT2D eigenvalue weighted by Gasteiger charge is -2.01. The van der Waals surface area contributed by atoms with Gasteiger partial charge in [-0.2, -0.15) is 0 Å². The van der Waals surface area contributed by atoms with Crippen LogP contribution in [0.25, 0.3) is 0 Å². The number of methoxy groups -OCH3 is 4. The van der Waals surface area contributed by atoms with Gasteiger partial charge in [0.1, 0.15) is 23.0 Å². The minimum absolute atomic E-state index is 0.910. The normalized spacial score (nSPS) is 9.11. The number of para-hydroxylation sites is 2. The van der Waals surface area contributed by atoms with Crippen molar-refractivity contribution in [3.05, 3.63) is 111 Å². The molecule has 4 nitrogen and oxygen atoms in total. The van der Waals surface area contributed by atoms with Crippen LogP contribution >= 0.6 is 90.4 Å². The van der Waals surface area contributed by atoms with E-state index < -0.39 is 0 Å². The Morgan fingerprint density at radius 3 is 1.33 bits per heavy atom. The lowest BCUT2D eigenvalue weighted by molar-refractivity contribution is 0.411. The summed E-state index contributed by atoms with van der Waals surface area (Å²) in [5.41, 5.74) is 0. The Morgan fingerprint density at radius 2 is 0.889 bits per heavy atom. The topological polar surface area (TPSA) is 36.9 Å². The van der Waals surface area contributed by atoms with Crippen molar-refractivity contribution in [1.82, 2.24) is 0 Å². The van der Waals surface area contributed by atoms with E-state index in [9.17, 15) is 0 Å². The molecule has 0 saturated carbocycles. The number of hydrogen-bond acceptors (Lipinski definition) is 4. The van der Waals surface area contributed by atoms with E-state index in [1.807, 2.05) is 91.0 Å². The first-order chi connectivity index (χ1) is 17.3. The van der Waals surface area contributed by atoms with E-state index >= 15 is 0 Å². The monoisotopic (exact) mass is 936 g/mol. The van der Waals surface area contributed by atoms with Crippen LogP contribution in [0.4, 0.5) is 0 Å². The smallest absolute Gasteiger partial charge is 0.132 e. The molecule has 0 N–H and O–H groups in total. The second-order valence-corrected chi connectivity index (χ2v) is 11.4. The Kier molecular flexibility index (Phi) is 18.4. The molecular weight excluding hydrogens is 908 g/mol. The lowest BCUT2D eigenvalue weighted by atomic mass is 10.3. The SMILES string of the molecule is COc1ccc(I)cc1.COc1ccc(I)cc1I.COc1ccccc1.COc1ccccc1I. The molecule has 0 aliphatic rings. The highest BCUT2D eigenvalue weighted by Gasteiger charge is 1.97. The van der Waals surface area contributed by atoms with Gasteiger partial charge in [-0.05, 0) is 157 Å². The molecule has 0 bridgehead atoms. The maximum atomic E-state index is 5.09. The fourth-order valence-corrected chi connectivity index (χ4v) is 5.17. The molecule has 4 aromatic carbocycles. The van der Waals surface area contributed by atoms with Crippen LogP contribution in [0.1, 0.15) is 0 Å². The van der Waals surface area contributed by atoms with Crippen LogP contribution in [0.5, 0.6) is 23.0 Å². The molecule has 0 fully saturated rings. The van der Waals surface area contributed by atoms with Crippen LogP contribution in [0.15, 0.2) is 97.1 Å². The van der Waals surface area contributed by atoms with Crippen LogP contribution in [0, 0.1) is 14.3 Å². The van der Waals surface area contributed by atoms with E-state index in [0.29, 0.717) is 0 Å². The molecule has 0 spiro atoms. The number of rotatable bonds is 4. The van der Waals surface area contributed by atoms with Crippen molar-refractivity contribution in [2.24, 2.45) is 0 Å². The zero-order chi connectivity index (χ0) is 26.8. The van der Waals surface area contributed by atoms with Crippen molar-refractivity contribution in [1.29, 1.82) is 0 Å². The van der Waals surface area contributed by atoms with Gasteiger partial charge in [0.2, 0.25) is 0 Å². The lowest BCUT2D eigenvalue weighted by Crippen LogP contribution is -1.86. The maximum absolute atomic E-state index is 5.09. The molecule has 0 radical (unpaired) electrons. The number of hydrogen-bond donors (Lipinski definition) is 0. The minimum Gasteiger partial charge on any atom is -0.497 e. The van der Waals surface area contributed by atoms with Crippen LogP contribution in [0.3, 0.4) is 0 Å². The molecule has 36 heavy (non-hydrogen) atoms. The van der Waals surface area contributed by atoms with Gasteiger partial charge in [-0.25, -0.2) is 0 Å². The molecule has 0 unspecified atom stereocenters. The third-order valence-corrected chi connectivity index (χ3v) is 7.32. The largest absolute Gasteiger partial charge is 0.497 e. The predicted octanol–water partition coefficient (Wildman–Crippen LogP) is 9.20. The van der Waals surface area contributed by atoms with Crippen LogP contribution in [0.2, 0.25) is 0 Å². The second kappa shape index (κ2) is 20.0. The summed E-state index contributed by atoms with van der Waals surface area (Å²) in [5, 5.41) is 0. The summed E-state index contributed by atoms with van der Waals surface area (Å²) in [7, 11) is 6.69. The Bertz CT molecular complexity index is 1120. The first-order valence-corrected chi connectivity index (χ1v) is 14.8. The number of ether oxygens (including phenoxy) is 4. The fourth-order valence-electron chi connectivity index (χ4n) is 2.38. The molecular formula is C28H28I4O4. The highest BCUT2D eigenvalue weighted by atomic mass is 127. The van der Waals surface area contributed by atoms with Gasteiger partial charge in [-0.3, -0.25) is 0 Å². The molecule has 0 aromatic heterocycles. The Labute approximate surface area is 269 Å². The zero-order valence-electron chi connectivity index (χ0n) is 20.4.